The zero-order valence-electron chi connectivity index (χ0n) is 17.9. The average Bonchev–Trinajstić information content (AvgIpc) is 3.18. The second-order valence-electron chi connectivity index (χ2n) is 7.61. The molecule has 0 amide bonds. The number of halogens is 1. The number of rotatable bonds is 7. The average molecular weight is 433 g/mol. The maximum Gasteiger partial charge on any atom is 0.225 e. The molecule has 6 nitrogen and oxygen atoms in total. The normalized spacial score (nSPS) is 11.0. The van der Waals surface area contributed by atoms with Gasteiger partial charge in [-0.1, -0.05) is 53.6 Å². The molecule has 7 heteroatoms. The van der Waals surface area contributed by atoms with Crippen LogP contribution in [0.2, 0.25) is 5.02 Å². The van der Waals surface area contributed by atoms with Gasteiger partial charge in [0, 0.05) is 50.7 Å². The number of hydrogen-bond donors (Lipinski definition) is 1. The Morgan fingerprint density at radius 2 is 1.77 bits per heavy atom. The molecule has 31 heavy (non-hydrogen) atoms. The third kappa shape index (κ3) is 4.93. The molecule has 0 aliphatic rings. The molecule has 0 radical (unpaired) electrons. The second-order valence-corrected chi connectivity index (χ2v) is 8.02. The van der Waals surface area contributed by atoms with Crippen molar-refractivity contribution in [1.82, 2.24) is 25.1 Å². The minimum Gasteiger partial charge on any atom is -0.347 e. The van der Waals surface area contributed by atoms with E-state index in [0.717, 1.165) is 28.2 Å². The van der Waals surface area contributed by atoms with Crippen LogP contribution in [0.4, 0.5) is 5.95 Å². The summed E-state index contributed by atoms with van der Waals surface area (Å²) in [5.74, 6) is 0.700. The number of anilines is 1. The van der Waals surface area contributed by atoms with E-state index in [1.165, 1.54) is 5.56 Å². The van der Waals surface area contributed by atoms with E-state index < -0.39 is 0 Å². The molecule has 0 bridgehead atoms. The van der Waals surface area contributed by atoms with Crippen molar-refractivity contribution in [3.05, 3.63) is 88.8 Å². The van der Waals surface area contributed by atoms with Gasteiger partial charge in [-0.05, 0) is 25.1 Å². The topological polar surface area (TPSA) is 58.9 Å². The van der Waals surface area contributed by atoms with Crippen LogP contribution in [0, 0.1) is 6.92 Å². The Balaban J connectivity index is 1.60. The molecule has 0 fully saturated rings. The molecular weight excluding hydrogens is 408 g/mol. The molecule has 2 aromatic carbocycles. The third-order valence-corrected chi connectivity index (χ3v) is 5.26. The molecule has 0 spiro atoms. The molecule has 4 rings (SSSR count). The summed E-state index contributed by atoms with van der Waals surface area (Å²) in [6.45, 7) is 3.36. The van der Waals surface area contributed by atoms with Crippen LogP contribution in [-0.4, -0.2) is 33.8 Å². The highest BCUT2D eigenvalue weighted by atomic mass is 35.5. The Bertz CT molecular complexity index is 1170. The lowest BCUT2D eigenvalue weighted by atomic mass is 10.1. The van der Waals surface area contributed by atoms with Crippen molar-refractivity contribution in [1.29, 1.82) is 0 Å². The highest BCUT2D eigenvalue weighted by Crippen LogP contribution is 2.26. The van der Waals surface area contributed by atoms with Crippen molar-refractivity contribution in [3.63, 3.8) is 0 Å². The van der Waals surface area contributed by atoms with Crippen LogP contribution in [0.5, 0.6) is 0 Å². The lowest BCUT2D eigenvalue weighted by Gasteiger charge is -2.11. The summed E-state index contributed by atoms with van der Waals surface area (Å²) in [5, 5.41) is 9.02. The van der Waals surface area contributed by atoms with Crippen LogP contribution in [0.25, 0.3) is 16.9 Å². The summed E-state index contributed by atoms with van der Waals surface area (Å²) in [6.07, 6.45) is 3.82. The molecule has 4 aromatic rings. The number of aromatic nitrogens is 4. The Kier molecular flexibility index (Phi) is 6.30. The van der Waals surface area contributed by atoms with Crippen molar-refractivity contribution in [2.45, 2.75) is 20.0 Å². The van der Waals surface area contributed by atoms with E-state index in [0.29, 0.717) is 24.1 Å². The maximum absolute atomic E-state index is 6.42. The quantitative estimate of drug-likeness (QED) is 0.460. The van der Waals surface area contributed by atoms with Gasteiger partial charge < -0.3 is 10.2 Å². The fourth-order valence-electron chi connectivity index (χ4n) is 3.28. The molecule has 0 saturated carbocycles. The van der Waals surface area contributed by atoms with Crippen LogP contribution in [-0.2, 0) is 13.1 Å². The Labute approximate surface area is 187 Å². The second kappa shape index (κ2) is 9.29. The molecule has 0 atom stereocenters. The number of benzene rings is 2. The fourth-order valence-corrected chi connectivity index (χ4v) is 3.50. The highest BCUT2D eigenvalue weighted by molar-refractivity contribution is 6.32. The molecule has 1 N–H and O–H groups in total. The van der Waals surface area contributed by atoms with Crippen LogP contribution in [0.15, 0.2) is 67.0 Å². The number of hydrogen-bond acceptors (Lipinski definition) is 5. The standard InChI is InChI=1S/C24H25ClN6/c1-17-8-10-18(11-9-17)23-19(16-31(29-23)22-7-5-4-6-21(22)25)14-26-15-20-12-13-27-24(28-20)30(2)3/h4-13,16,26H,14-15H2,1-3H3. The maximum atomic E-state index is 6.42. The summed E-state index contributed by atoms with van der Waals surface area (Å²) >= 11 is 6.42. The molecule has 0 saturated heterocycles. The van der Waals surface area contributed by atoms with Gasteiger partial charge in [0.25, 0.3) is 0 Å². The SMILES string of the molecule is Cc1ccc(-c2nn(-c3ccccc3Cl)cc2CNCc2ccnc(N(C)C)n2)cc1. The first-order chi connectivity index (χ1) is 15.0. The van der Waals surface area contributed by atoms with Gasteiger partial charge in [0.1, 0.15) is 0 Å². The molecule has 2 heterocycles. The molecule has 158 valence electrons. The zero-order chi connectivity index (χ0) is 21.8. The number of nitrogens with one attached hydrogen (secondary N) is 1. The predicted molar refractivity (Wildman–Crippen MR) is 126 cm³/mol. The van der Waals surface area contributed by atoms with E-state index in [-0.39, 0.29) is 0 Å². The van der Waals surface area contributed by atoms with Crippen molar-refractivity contribution < 1.29 is 0 Å². The van der Waals surface area contributed by atoms with Gasteiger partial charge in [0.05, 0.1) is 22.1 Å². The number of para-hydroxylation sites is 1. The Morgan fingerprint density at radius 1 is 1.00 bits per heavy atom. The van der Waals surface area contributed by atoms with Crippen molar-refractivity contribution in [3.8, 4) is 16.9 Å². The Morgan fingerprint density at radius 3 is 2.52 bits per heavy atom. The van der Waals surface area contributed by atoms with Crippen molar-refractivity contribution in [2.75, 3.05) is 19.0 Å². The zero-order valence-corrected chi connectivity index (χ0v) is 18.6. The smallest absolute Gasteiger partial charge is 0.225 e. The van der Waals surface area contributed by atoms with Gasteiger partial charge in [-0.15, -0.1) is 0 Å². The van der Waals surface area contributed by atoms with Gasteiger partial charge in [0.2, 0.25) is 5.95 Å². The van der Waals surface area contributed by atoms with Crippen LogP contribution in [0.1, 0.15) is 16.8 Å². The summed E-state index contributed by atoms with van der Waals surface area (Å²) < 4.78 is 1.85. The van der Waals surface area contributed by atoms with Crippen LogP contribution >= 0.6 is 11.6 Å². The number of aryl methyl sites for hydroxylation is 1. The van der Waals surface area contributed by atoms with E-state index in [1.54, 1.807) is 6.20 Å². The van der Waals surface area contributed by atoms with Crippen molar-refractivity contribution >= 4 is 17.5 Å². The summed E-state index contributed by atoms with van der Waals surface area (Å²) in [6, 6.07) is 18.1. The van der Waals surface area contributed by atoms with Crippen LogP contribution in [0.3, 0.4) is 0 Å². The third-order valence-electron chi connectivity index (χ3n) is 4.94. The first-order valence-corrected chi connectivity index (χ1v) is 10.5. The molecule has 0 aliphatic heterocycles. The molecular formula is C24H25ClN6. The summed E-state index contributed by atoms with van der Waals surface area (Å²) in [5.41, 5.74) is 6.11. The Hall–Kier alpha value is -3.22. The predicted octanol–water partition coefficient (Wildman–Crippen LogP) is 4.65. The van der Waals surface area contributed by atoms with Gasteiger partial charge in [0.15, 0.2) is 0 Å². The minimum atomic E-state index is 0.633. The van der Waals surface area contributed by atoms with Crippen LogP contribution < -0.4 is 10.2 Å². The number of nitrogens with zero attached hydrogens (tertiary/aromatic N) is 5. The van der Waals surface area contributed by atoms with Crippen molar-refractivity contribution in [2.24, 2.45) is 0 Å². The molecule has 2 aromatic heterocycles. The molecule has 0 aliphatic carbocycles. The minimum absolute atomic E-state index is 0.633. The summed E-state index contributed by atoms with van der Waals surface area (Å²) in [7, 11) is 3.87. The largest absolute Gasteiger partial charge is 0.347 e. The lowest BCUT2D eigenvalue weighted by molar-refractivity contribution is 0.677. The van der Waals surface area contributed by atoms with Gasteiger partial charge in [-0.2, -0.15) is 5.10 Å². The summed E-state index contributed by atoms with van der Waals surface area (Å²) in [4.78, 5) is 10.7. The highest BCUT2D eigenvalue weighted by Gasteiger charge is 2.14. The lowest BCUT2D eigenvalue weighted by Crippen LogP contribution is -2.17. The first-order valence-electron chi connectivity index (χ1n) is 10.1. The first kappa shape index (κ1) is 21.0. The van der Waals surface area contributed by atoms with E-state index >= 15 is 0 Å². The van der Waals surface area contributed by atoms with Gasteiger partial charge in [-0.3, -0.25) is 0 Å². The van der Waals surface area contributed by atoms with E-state index in [4.69, 9.17) is 16.7 Å². The molecule has 0 unspecified atom stereocenters. The van der Waals surface area contributed by atoms with E-state index in [9.17, 15) is 0 Å². The van der Waals surface area contributed by atoms with Gasteiger partial charge in [-0.25, -0.2) is 14.6 Å². The monoisotopic (exact) mass is 432 g/mol. The van der Waals surface area contributed by atoms with E-state index in [2.05, 4.69) is 46.5 Å². The fraction of sp³-hybridized carbons (Fsp3) is 0.208. The van der Waals surface area contributed by atoms with Gasteiger partial charge >= 0.3 is 0 Å². The van der Waals surface area contributed by atoms with E-state index in [1.807, 2.05) is 60.2 Å².